The molecule has 2 rings (SSSR count). The molecule has 16 heavy (non-hydrogen) atoms. The Hall–Kier alpha value is -0.910. The molecule has 0 bridgehead atoms. The zero-order valence-corrected chi connectivity index (χ0v) is 9.86. The zero-order chi connectivity index (χ0) is 11.6. The van der Waals surface area contributed by atoms with Crippen LogP contribution < -0.4 is 5.32 Å². The molecule has 5 heteroatoms. The minimum atomic E-state index is -0.687. The second-order valence-corrected chi connectivity index (χ2v) is 4.53. The van der Waals surface area contributed by atoms with E-state index >= 15 is 0 Å². The van der Waals surface area contributed by atoms with Crippen LogP contribution in [0.25, 0.3) is 0 Å². The van der Waals surface area contributed by atoms with E-state index in [9.17, 15) is 5.11 Å². The fourth-order valence-electron chi connectivity index (χ4n) is 1.99. The average Bonchev–Trinajstić information content (AvgIpc) is 2.75. The fourth-order valence-corrected chi connectivity index (χ4v) is 1.99. The van der Waals surface area contributed by atoms with Crippen LogP contribution in [0.1, 0.15) is 17.8 Å². The summed E-state index contributed by atoms with van der Waals surface area (Å²) in [5, 5.41) is 17.5. The van der Waals surface area contributed by atoms with Crippen molar-refractivity contribution >= 4 is 0 Å². The number of aliphatic hydroxyl groups is 1. The summed E-state index contributed by atoms with van der Waals surface area (Å²) in [6.45, 7) is 4.35. The first-order valence-electron chi connectivity index (χ1n) is 5.59. The van der Waals surface area contributed by atoms with E-state index in [1.807, 2.05) is 24.7 Å². The summed E-state index contributed by atoms with van der Waals surface area (Å²) in [6.07, 6.45) is 0.713. The molecule has 1 aromatic rings. The van der Waals surface area contributed by atoms with Crippen LogP contribution in [0.4, 0.5) is 0 Å². The van der Waals surface area contributed by atoms with E-state index in [0.717, 1.165) is 17.9 Å². The second kappa shape index (κ2) is 4.53. The van der Waals surface area contributed by atoms with Crippen molar-refractivity contribution in [1.29, 1.82) is 0 Å². The summed E-state index contributed by atoms with van der Waals surface area (Å²) in [5.41, 5.74) is 1.45. The number of nitrogens with one attached hydrogen (secondary N) is 1. The van der Waals surface area contributed by atoms with Crippen molar-refractivity contribution in [2.75, 3.05) is 19.8 Å². The van der Waals surface area contributed by atoms with E-state index in [0.29, 0.717) is 26.2 Å². The summed E-state index contributed by atoms with van der Waals surface area (Å²) >= 11 is 0. The number of hydrogen-bond acceptors (Lipinski definition) is 4. The third-order valence-corrected chi connectivity index (χ3v) is 2.94. The van der Waals surface area contributed by atoms with E-state index in [4.69, 9.17) is 4.74 Å². The molecule has 1 fully saturated rings. The highest BCUT2D eigenvalue weighted by Crippen LogP contribution is 2.17. The van der Waals surface area contributed by atoms with Crippen molar-refractivity contribution < 1.29 is 9.84 Å². The van der Waals surface area contributed by atoms with Gasteiger partial charge in [0.15, 0.2) is 0 Å². The van der Waals surface area contributed by atoms with E-state index in [1.165, 1.54) is 0 Å². The number of hydrogen-bond donors (Lipinski definition) is 2. The molecule has 0 aromatic carbocycles. The summed E-state index contributed by atoms with van der Waals surface area (Å²) in [6, 6.07) is 2.04. The van der Waals surface area contributed by atoms with Gasteiger partial charge in [-0.2, -0.15) is 5.10 Å². The fraction of sp³-hybridized carbons (Fsp3) is 0.727. The van der Waals surface area contributed by atoms with Gasteiger partial charge in [-0.05, 0) is 13.0 Å². The lowest BCUT2D eigenvalue weighted by Gasteiger charge is -2.20. The predicted octanol–water partition coefficient (Wildman–Crippen LogP) is -0.0305. The SMILES string of the molecule is Cc1cc(CNCC2(O)CCOC2)n(C)n1. The Morgan fingerprint density at radius 3 is 3.06 bits per heavy atom. The van der Waals surface area contributed by atoms with Gasteiger partial charge in [0.2, 0.25) is 0 Å². The largest absolute Gasteiger partial charge is 0.386 e. The molecule has 1 atom stereocenters. The second-order valence-electron chi connectivity index (χ2n) is 4.53. The molecule has 0 spiro atoms. The molecule has 1 unspecified atom stereocenters. The Balaban J connectivity index is 1.81. The molecule has 0 amide bonds. The van der Waals surface area contributed by atoms with Gasteiger partial charge in [-0.1, -0.05) is 0 Å². The predicted molar refractivity (Wildman–Crippen MR) is 60.0 cm³/mol. The summed E-state index contributed by atoms with van der Waals surface area (Å²) in [7, 11) is 1.93. The van der Waals surface area contributed by atoms with Crippen LogP contribution in [-0.4, -0.2) is 40.2 Å². The molecular formula is C11H19N3O2. The van der Waals surface area contributed by atoms with Gasteiger partial charge in [-0.25, -0.2) is 0 Å². The molecule has 1 aliphatic heterocycles. The first kappa shape index (κ1) is 11.6. The Labute approximate surface area is 95.4 Å². The highest BCUT2D eigenvalue weighted by molar-refractivity contribution is 5.08. The van der Waals surface area contributed by atoms with Crippen molar-refractivity contribution in [2.24, 2.45) is 7.05 Å². The molecule has 0 saturated carbocycles. The smallest absolute Gasteiger partial charge is 0.103 e. The number of nitrogens with zero attached hydrogens (tertiary/aromatic N) is 2. The van der Waals surface area contributed by atoms with Gasteiger partial charge in [-0.3, -0.25) is 4.68 Å². The lowest BCUT2D eigenvalue weighted by molar-refractivity contribution is 0.0267. The van der Waals surface area contributed by atoms with Crippen LogP contribution in [0.15, 0.2) is 6.07 Å². The standard InChI is InChI=1S/C11H19N3O2/c1-9-5-10(14(2)13-9)6-12-7-11(15)3-4-16-8-11/h5,12,15H,3-4,6-8H2,1-2H3. The zero-order valence-electron chi connectivity index (χ0n) is 9.86. The highest BCUT2D eigenvalue weighted by Gasteiger charge is 2.31. The maximum absolute atomic E-state index is 10.0. The molecule has 0 aliphatic carbocycles. The van der Waals surface area contributed by atoms with Gasteiger partial charge in [0, 0.05) is 33.2 Å². The maximum Gasteiger partial charge on any atom is 0.103 e. The van der Waals surface area contributed by atoms with Gasteiger partial charge in [0.25, 0.3) is 0 Å². The van der Waals surface area contributed by atoms with E-state index in [2.05, 4.69) is 10.4 Å². The van der Waals surface area contributed by atoms with E-state index in [-0.39, 0.29) is 0 Å². The first-order chi connectivity index (χ1) is 7.59. The first-order valence-corrected chi connectivity index (χ1v) is 5.59. The average molecular weight is 225 g/mol. The van der Waals surface area contributed by atoms with Gasteiger partial charge < -0.3 is 15.2 Å². The van der Waals surface area contributed by atoms with Gasteiger partial charge in [-0.15, -0.1) is 0 Å². The minimum absolute atomic E-state index is 0.435. The molecule has 90 valence electrons. The van der Waals surface area contributed by atoms with Crippen molar-refractivity contribution in [3.63, 3.8) is 0 Å². The molecule has 2 N–H and O–H groups in total. The molecule has 5 nitrogen and oxygen atoms in total. The number of rotatable bonds is 4. The van der Waals surface area contributed by atoms with Gasteiger partial charge in [0.1, 0.15) is 5.60 Å². The van der Waals surface area contributed by atoms with E-state index < -0.39 is 5.60 Å². The number of aromatic nitrogens is 2. The van der Waals surface area contributed by atoms with Gasteiger partial charge in [0.05, 0.1) is 18.0 Å². The van der Waals surface area contributed by atoms with Crippen LogP contribution in [0.2, 0.25) is 0 Å². The van der Waals surface area contributed by atoms with Crippen LogP contribution in [-0.2, 0) is 18.3 Å². The quantitative estimate of drug-likeness (QED) is 0.755. The minimum Gasteiger partial charge on any atom is -0.386 e. The number of ether oxygens (including phenoxy) is 1. The monoisotopic (exact) mass is 225 g/mol. The molecule has 1 aliphatic rings. The third-order valence-electron chi connectivity index (χ3n) is 2.94. The van der Waals surface area contributed by atoms with Crippen LogP contribution in [0.5, 0.6) is 0 Å². The summed E-state index contributed by atoms with van der Waals surface area (Å²) in [5.74, 6) is 0. The van der Waals surface area contributed by atoms with Crippen molar-refractivity contribution in [3.05, 3.63) is 17.5 Å². The topological polar surface area (TPSA) is 59.3 Å². The lowest BCUT2D eigenvalue weighted by atomic mass is 10.0. The third kappa shape index (κ3) is 2.61. The van der Waals surface area contributed by atoms with Crippen molar-refractivity contribution in [1.82, 2.24) is 15.1 Å². The summed E-state index contributed by atoms with van der Waals surface area (Å²) < 4.78 is 7.04. The Morgan fingerprint density at radius 2 is 2.50 bits per heavy atom. The Morgan fingerprint density at radius 1 is 1.69 bits per heavy atom. The van der Waals surface area contributed by atoms with Crippen LogP contribution in [0.3, 0.4) is 0 Å². The molecular weight excluding hydrogens is 206 g/mol. The van der Waals surface area contributed by atoms with Gasteiger partial charge >= 0.3 is 0 Å². The Bertz CT molecular complexity index is 356. The van der Waals surface area contributed by atoms with Crippen LogP contribution >= 0.6 is 0 Å². The summed E-state index contributed by atoms with van der Waals surface area (Å²) in [4.78, 5) is 0. The van der Waals surface area contributed by atoms with Crippen LogP contribution in [0, 0.1) is 6.92 Å². The maximum atomic E-state index is 10.0. The van der Waals surface area contributed by atoms with Crippen molar-refractivity contribution in [2.45, 2.75) is 25.5 Å². The normalized spacial score (nSPS) is 25.2. The number of aryl methyl sites for hydroxylation is 2. The Kier molecular flexibility index (Phi) is 3.28. The molecule has 1 aromatic heterocycles. The van der Waals surface area contributed by atoms with E-state index in [1.54, 1.807) is 0 Å². The van der Waals surface area contributed by atoms with Crippen molar-refractivity contribution in [3.8, 4) is 0 Å². The highest BCUT2D eigenvalue weighted by atomic mass is 16.5. The molecule has 0 radical (unpaired) electrons. The molecule has 1 saturated heterocycles. The molecule has 2 heterocycles. The lowest BCUT2D eigenvalue weighted by Crippen LogP contribution is -2.40.